The maximum atomic E-state index is 13.3. The number of hydrogen-bond donors (Lipinski definition) is 0. The van der Waals surface area contributed by atoms with Crippen LogP contribution >= 0.6 is 0 Å². The summed E-state index contributed by atoms with van der Waals surface area (Å²) in [5.41, 5.74) is 2.88. The van der Waals surface area contributed by atoms with E-state index in [-0.39, 0.29) is 17.9 Å². The number of aromatic nitrogens is 1. The van der Waals surface area contributed by atoms with Gasteiger partial charge in [0.2, 0.25) is 5.91 Å². The number of carbonyl (C=O) groups excluding carboxylic acids is 2. The third-order valence-corrected chi connectivity index (χ3v) is 6.88. The molecule has 1 aliphatic rings. The molecule has 33 heavy (non-hydrogen) atoms. The number of piperidine rings is 1. The van der Waals surface area contributed by atoms with Crippen LogP contribution in [-0.2, 0) is 24.7 Å². The van der Waals surface area contributed by atoms with Crippen LogP contribution in [0.1, 0.15) is 40.1 Å². The number of hydrogen-bond acceptors (Lipinski definition) is 3. The number of aryl methyl sites for hydroxylation is 2. The first-order valence-electron chi connectivity index (χ1n) is 11.7. The highest BCUT2D eigenvalue weighted by atomic mass is 16.3. The molecule has 174 valence electrons. The number of carbonyl (C=O) groups is 2. The van der Waals surface area contributed by atoms with E-state index in [4.69, 9.17) is 4.42 Å². The summed E-state index contributed by atoms with van der Waals surface area (Å²) in [7, 11) is 3.87. The second-order valence-corrected chi connectivity index (χ2v) is 9.14. The molecule has 6 heteroatoms. The largest absolute Gasteiger partial charge is 0.469 e. The Morgan fingerprint density at radius 2 is 1.82 bits per heavy atom. The van der Waals surface area contributed by atoms with Crippen LogP contribution in [0.15, 0.2) is 65.5 Å². The molecule has 1 unspecified atom stereocenters. The highest BCUT2D eigenvalue weighted by Crippen LogP contribution is 2.28. The second kappa shape index (κ2) is 10.1. The first-order chi connectivity index (χ1) is 15.9. The van der Waals surface area contributed by atoms with Crippen molar-refractivity contribution in [2.75, 3.05) is 20.1 Å². The summed E-state index contributed by atoms with van der Waals surface area (Å²) in [6.45, 7) is 3.28. The standard InChI is InChI=1S/C27H33N3O3/c1-20-24(12-16-33-20)27(32)29(3)25(17-21-7-5-4-6-8-21)23-10-14-30(15-11-23)26(31)18-22-9-13-28(2)19-22/h4-9,12-13,16,19,23,25H,10-11,14-15,17-18H2,1-3H3. The molecule has 1 saturated heterocycles. The predicted octanol–water partition coefficient (Wildman–Crippen LogP) is 4.09. The summed E-state index contributed by atoms with van der Waals surface area (Å²) >= 11 is 0. The minimum absolute atomic E-state index is 0.00948. The fourth-order valence-electron chi connectivity index (χ4n) is 4.91. The Kier molecular flexibility index (Phi) is 7.02. The zero-order valence-electron chi connectivity index (χ0n) is 19.7. The molecule has 3 aromatic rings. The Bertz CT molecular complexity index is 1080. The highest BCUT2D eigenvalue weighted by Gasteiger charge is 2.33. The van der Waals surface area contributed by atoms with E-state index in [1.165, 1.54) is 5.56 Å². The summed E-state index contributed by atoms with van der Waals surface area (Å²) in [5.74, 6) is 1.14. The summed E-state index contributed by atoms with van der Waals surface area (Å²) in [5, 5.41) is 0. The smallest absolute Gasteiger partial charge is 0.257 e. The lowest BCUT2D eigenvalue weighted by Crippen LogP contribution is -2.48. The van der Waals surface area contributed by atoms with Gasteiger partial charge in [-0.3, -0.25) is 9.59 Å². The van der Waals surface area contributed by atoms with Gasteiger partial charge in [0.15, 0.2) is 0 Å². The Morgan fingerprint density at radius 3 is 2.42 bits per heavy atom. The minimum Gasteiger partial charge on any atom is -0.469 e. The van der Waals surface area contributed by atoms with E-state index in [1.807, 2.05) is 72.0 Å². The SMILES string of the molecule is Cc1occc1C(=O)N(C)C(Cc1ccccc1)C1CCN(C(=O)Cc2ccn(C)c2)CC1. The zero-order chi connectivity index (χ0) is 23.4. The van der Waals surface area contributed by atoms with Gasteiger partial charge in [0.25, 0.3) is 5.91 Å². The maximum absolute atomic E-state index is 13.3. The summed E-state index contributed by atoms with van der Waals surface area (Å²) in [4.78, 5) is 30.0. The van der Waals surface area contributed by atoms with E-state index in [9.17, 15) is 9.59 Å². The van der Waals surface area contributed by atoms with Crippen LogP contribution in [0.2, 0.25) is 0 Å². The highest BCUT2D eigenvalue weighted by molar-refractivity contribution is 5.95. The predicted molar refractivity (Wildman–Crippen MR) is 128 cm³/mol. The topological polar surface area (TPSA) is 58.7 Å². The molecule has 0 bridgehead atoms. The molecular weight excluding hydrogens is 414 g/mol. The minimum atomic E-state index is -0.00948. The van der Waals surface area contributed by atoms with Crippen molar-refractivity contribution in [2.45, 2.75) is 38.6 Å². The van der Waals surface area contributed by atoms with Gasteiger partial charge in [-0.15, -0.1) is 0 Å². The number of amides is 2. The lowest BCUT2D eigenvalue weighted by molar-refractivity contribution is -0.132. The third kappa shape index (κ3) is 5.38. The maximum Gasteiger partial charge on any atom is 0.257 e. The number of furan rings is 1. The van der Waals surface area contributed by atoms with Gasteiger partial charge in [0, 0.05) is 45.6 Å². The Hall–Kier alpha value is -3.28. The molecular formula is C27H33N3O3. The zero-order valence-corrected chi connectivity index (χ0v) is 19.7. The summed E-state index contributed by atoms with van der Waals surface area (Å²) < 4.78 is 7.35. The van der Waals surface area contributed by atoms with Crippen molar-refractivity contribution < 1.29 is 14.0 Å². The molecule has 0 saturated carbocycles. The van der Waals surface area contributed by atoms with Crippen LogP contribution in [0, 0.1) is 12.8 Å². The van der Waals surface area contributed by atoms with Crippen LogP contribution in [0.3, 0.4) is 0 Å². The molecule has 3 heterocycles. The normalized spacial score (nSPS) is 15.4. The monoisotopic (exact) mass is 447 g/mol. The number of benzene rings is 1. The molecule has 1 aliphatic heterocycles. The van der Waals surface area contributed by atoms with E-state index >= 15 is 0 Å². The van der Waals surface area contributed by atoms with Crippen molar-refractivity contribution in [3.63, 3.8) is 0 Å². The van der Waals surface area contributed by atoms with E-state index in [0.717, 1.165) is 37.9 Å². The van der Waals surface area contributed by atoms with Gasteiger partial charge >= 0.3 is 0 Å². The molecule has 6 nitrogen and oxygen atoms in total. The van der Waals surface area contributed by atoms with Crippen LogP contribution in [0.4, 0.5) is 0 Å². The molecule has 1 atom stereocenters. The molecule has 0 N–H and O–H groups in total. The number of nitrogens with zero attached hydrogens (tertiary/aromatic N) is 3. The fourth-order valence-corrected chi connectivity index (χ4v) is 4.91. The third-order valence-electron chi connectivity index (χ3n) is 6.88. The summed E-state index contributed by atoms with van der Waals surface area (Å²) in [6.07, 6.45) is 8.55. The first-order valence-corrected chi connectivity index (χ1v) is 11.7. The van der Waals surface area contributed by atoms with Crippen LogP contribution < -0.4 is 0 Å². The van der Waals surface area contributed by atoms with Gasteiger partial charge in [-0.25, -0.2) is 0 Å². The first kappa shape index (κ1) is 22.9. The van der Waals surface area contributed by atoms with Crippen molar-refractivity contribution >= 4 is 11.8 Å². The number of likely N-dealkylation sites (tertiary alicyclic amines) is 1. The van der Waals surface area contributed by atoms with Crippen molar-refractivity contribution in [1.29, 1.82) is 0 Å². The van der Waals surface area contributed by atoms with Crippen LogP contribution in [0.25, 0.3) is 0 Å². The quantitative estimate of drug-likeness (QED) is 0.548. The number of likely N-dealkylation sites (N-methyl/N-ethyl adjacent to an activating group) is 1. The van der Waals surface area contributed by atoms with Gasteiger partial charge in [-0.1, -0.05) is 30.3 Å². The summed E-state index contributed by atoms with van der Waals surface area (Å²) in [6, 6.07) is 14.1. The van der Waals surface area contributed by atoms with E-state index < -0.39 is 0 Å². The van der Waals surface area contributed by atoms with Gasteiger partial charge in [-0.2, -0.15) is 0 Å². The van der Waals surface area contributed by atoms with Gasteiger partial charge in [0.05, 0.1) is 18.2 Å². The van der Waals surface area contributed by atoms with Crippen molar-refractivity contribution in [3.8, 4) is 0 Å². The Labute approximate surface area is 195 Å². The van der Waals surface area contributed by atoms with E-state index in [2.05, 4.69) is 12.1 Å². The lowest BCUT2D eigenvalue weighted by atomic mass is 9.84. The van der Waals surface area contributed by atoms with Gasteiger partial charge in [0.1, 0.15) is 5.76 Å². The molecule has 0 spiro atoms. The molecule has 2 aromatic heterocycles. The van der Waals surface area contributed by atoms with E-state index in [0.29, 0.717) is 23.7 Å². The average molecular weight is 448 g/mol. The number of rotatable bonds is 7. The molecule has 0 radical (unpaired) electrons. The van der Waals surface area contributed by atoms with Crippen molar-refractivity contribution in [2.24, 2.45) is 13.0 Å². The Balaban J connectivity index is 1.45. The molecule has 2 amide bonds. The fraction of sp³-hybridized carbons (Fsp3) is 0.407. The van der Waals surface area contributed by atoms with Crippen molar-refractivity contribution in [3.05, 3.63) is 83.6 Å². The lowest BCUT2D eigenvalue weighted by Gasteiger charge is -2.40. The van der Waals surface area contributed by atoms with Gasteiger partial charge < -0.3 is 18.8 Å². The van der Waals surface area contributed by atoms with Crippen molar-refractivity contribution in [1.82, 2.24) is 14.4 Å². The van der Waals surface area contributed by atoms with Crippen LogP contribution in [-0.4, -0.2) is 52.4 Å². The van der Waals surface area contributed by atoms with Gasteiger partial charge in [-0.05, 0) is 55.4 Å². The average Bonchev–Trinajstić information content (AvgIpc) is 3.44. The molecule has 1 aromatic carbocycles. The van der Waals surface area contributed by atoms with Crippen LogP contribution in [0.5, 0.6) is 0 Å². The molecule has 1 fully saturated rings. The second-order valence-electron chi connectivity index (χ2n) is 9.14. The Morgan fingerprint density at radius 1 is 1.09 bits per heavy atom. The van der Waals surface area contributed by atoms with E-state index in [1.54, 1.807) is 12.3 Å². The molecule has 0 aliphatic carbocycles. The molecule has 4 rings (SSSR count).